The highest BCUT2D eigenvalue weighted by Gasteiger charge is 2.13. The molecule has 0 spiro atoms. The summed E-state index contributed by atoms with van der Waals surface area (Å²) in [5, 5.41) is 0. The van der Waals surface area contributed by atoms with Crippen molar-refractivity contribution in [1.82, 2.24) is 0 Å². The van der Waals surface area contributed by atoms with Crippen LogP contribution >= 0.6 is 9.47 Å². The maximum absolute atomic E-state index is 5.50. The van der Waals surface area contributed by atoms with E-state index in [0.717, 1.165) is 22.6 Å². The molecule has 0 N–H and O–H groups in total. The van der Waals surface area contributed by atoms with E-state index in [0.29, 0.717) is 0 Å². The molecule has 100 valence electrons. The van der Waals surface area contributed by atoms with Crippen molar-refractivity contribution < 1.29 is 14.0 Å². The second kappa shape index (κ2) is 6.55. The van der Waals surface area contributed by atoms with E-state index in [1.165, 1.54) is 0 Å². The van der Waals surface area contributed by atoms with Crippen LogP contribution < -0.4 is 9.47 Å². The molecule has 0 saturated heterocycles. The van der Waals surface area contributed by atoms with E-state index in [9.17, 15) is 0 Å². The lowest BCUT2D eigenvalue weighted by molar-refractivity contribution is 0.293. The second-order valence-electron chi connectivity index (χ2n) is 4.06. The van der Waals surface area contributed by atoms with Gasteiger partial charge in [-0.15, -0.1) is 0 Å². The van der Waals surface area contributed by atoms with Crippen molar-refractivity contribution in [2.24, 2.45) is 0 Å². The number of benzene rings is 2. The fourth-order valence-corrected chi connectivity index (χ4v) is 2.22. The van der Waals surface area contributed by atoms with Gasteiger partial charge < -0.3 is 14.0 Å². The average Bonchev–Trinajstić information content (AvgIpc) is 2.49. The van der Waals surface area contributed by atoms with E-state index >= 15 is 0 Å². The molecular weight excluding hydrogens is 259 g/mol. The number of rotatable bonds is 5. The highest BCUT2D eigenvalue weighted by Crippen LogP contribution is 2.30. The van der Waals surface area contributed by atoms with Gasteiger partial charge in [-0.2, -0.15) is 0 Å². The van der Waals surface area contributed by atoms with Gasteiger partial charge in [0.25, 0.3) is 0 Å². The van der Waals surface area contributed by atoms with E-state index in [1.54, 1.807) is 14.2 Å². The predicted molar refractivity (Wildman–Crippen MR) is 78.6 cm³/mol. The van der Waals surface area contributed by atoms with E-state index in [2.05, 4.69) is 9.47 Å². The zero-order valence-corrected chi connectivity index (χ0v) is 12.2. The lowest BCUT2D eigenvalue weighted by atomic mass is 10.0. The maximum Gasteiger partial charge on any atom is 0.118 e. The van der Waals surface area contributed by atoms with Crippen molar-refractivity contribution in [2.75, 3.05) is 14.2 Å². The third-order valence-corrected chi connectivity index (χ3v) is 3.25. The summed E-state index contributed by atoms with van der Waals surface area (Å²) in [6.07, 6.45) is -0.123. The Bertz CT molecular complexity index is 460. The van der Waals surface area contributed by atoms with Crippen LogP contribution in [0.1, 0.15) is 17.2 Å². The maximum atomic E-state index is 5.50. The van der Waals surface area contributed by atoms with Crippen LogP contribution in [-0.4, -0.2) is 14.2 Å². The Balaban J connectivity index is 2.26. The van der Waals surface area contributed by atoms with Gasteiger partial charge in [-0.3, -0.25) is 0 Å². The first-order valence-electron chi connectivity index (χ1n) is 5.92. The number of hydrogen-bond acceptors (Lipinski definition) is 3. The largest absolute Gasteiger partial charge is 0.497 e. The molecule has 0 amide bonds. The molecule has 0 heterocycles. The van der Waals surface area contributed by atoms with E-state index in [-0.39, 0.29) is 6.10 Å². The van der Waals surface area contributed by atoms with Crippen LogP contribution in [0.5, 0.6) is 11.5 Å². The van der Waals surface area contributed by atoms with Gasteiger partial charge in [0, 0.05) is 9.47 Å². The van der Waals surface area contributed by atoms with Crippen LogP contribution in [0.3, 0.4) is 0 Å². The normalized spacial score (nSPS) is 10.5. The quantitative estimate of drug-likeness (QED) is 0.781. The molecule has 0 bridgehead atoms. The Labute approximate surface area is 115 Å². The molecular formula is C15H17O3P. The first-order valence-corrected chi connectivity index (χ1v) is 6.39. The molecule has 0 radical (unpaired) electrons. The molecule has 0 aliphatic carbocycles. The summed E-state index contributed by atoms with van der Waals surface area (Å²) in [6.45, 7) is 0. The molecule has 0 aromatic heterocycles. The lowest BCUT2D eigenvalue weighted by Gasteiger charge is -2.16. The van der Waals surface area contributed by atoms with Gasteiger partial charge in [0.05, 0.1) is 14.2 Å². The van der Waals surface area contributed by atoms with Crippen molar-refractivity contribution in [3.63, 3.8) is 0 Å². The minimum absolute atomic E-state index is 0.123. The molecule has 2 aromatic rings. The molecule has 2 aromatic carbocycles. The Hall–Kier alpha value is -1.57. The van der Waals surface area contributed by atoms with Crippen molar-refractivity contribution >= 4 is 9.47 Å². The van der Waals surface area contributed by atoms with Crippen molar-refractivity contribution in [1.29, 1.82) is 0 Å². The molecule has 3 nitrogen and oxygen atoms in total. The monoisotopic (exact) mass is 276 g/mol. The van der Waals surface area contributed by atoms with Gasteiger partial charge >= 0.3 is 0 Å². The number of methoxy groups -OCH3 is 2. The van der Waals surface area contributed by atoms with Crippen LogP contribution in [-0.2, 0) is 4.52 Å². The Morgan fingerprint density at radius 1 is 0.737 bits per heavy atom. The summed E-state index contributed by atoms with van der Waals surface area (Å²) in [5.74, 6) is 1.67. The topological polar surface area (TPSA) is 27.7 Å². The summed E-state index contributed by atoms with van der Waals surface area (Å²) < 4.78 is 15.8. The SMILES string of the molecule is COc1ccc(C(OP)c2ccc(OC)cc2)cc1. The van der Waals surface area contributed by atoms with Crippen LogP contribution in [0.25, 0.3) is 0 Å². The number of ether oxygens (including phenoxy) is 2. The molecule has 0 fully saturated rings. The Morgan fingerprint density at radius 2 is 1.11 bits per heavy atom. The van der Waals surface area contributed by atoms with Crippen LogP contribution in [0.15, 0.2) is 48.5 Å². The average molecular weight is 276 g/mol. The van der Waals surface area contributed by atoms with E-state index in [4.69, 9.17) is 14.0 Å². The summed E-state index contributed by atoms with van der Waals surface area (Å²) in [5.41, 5.74) is 2.14. The first kappa shape index (κ1) is 13.9. The predicted octanol–water partition coefficient (Wildman–Crippen LogP) is 3.60. The summed E-state index contributed by atoms with van der Waals surface area (Å²) >= 11 is 0. The zero-order chi connectivity index (χ0) is 13.7. The second-order valence-corrected chi connectivity index (χ2v) is 4.33. The Morgan fingerprint density at radius 3 is 1.37 bits per heavy atom. The molecule has 19 heavy (non-hydrogen) atoms. The molecule has 1 atom stereocenters. The van der Waals surface area contributed by atoms with Gasteiger partial charge in [-0.25, -0.2) is 0 Å². The molecule has 0 aliphatic heterocycles. The highest BCUT2D eigenvalue weighted by molar-refractivity contribution is 7.09. The van der Waals surface area contributed by atoms with Gasteiger partial charge in [0.15, 0.2) is 0 Å². The molecule has 1 unspecified atom stereocenters. The Kier molecular flexibility index (Phi) is 4.78. The van der Waals surface area contributed by atoms with Crippen molar-refractivity contribution in [2.45, 2.75) is 6.10 Å². The van der Waals surface area contributed by atoms with E-state index < -0.39 is 0 Å². The van der Waals surface area contributed by atoms with Gasteiger partial charge in [0.1, 0.15) is 17.6 Å². The third kappa shape index (κ3) is 3.25. The molecule has 4 heteroatoms. The molecule has 2 rings (SSSR count). The van der Waals surface area contributed by atoms with Gasteiger partial charge in [-0.05, 0) is 35.4 Å². The highest BCUT2D eigenvalue weighted by atomic mass is 31.0. The van der Waals surface area contributed by atoms with Gasteiger partial charge in [0.2, 0.25) is 0 Å². The van der Waals surface area contributed by atoms with Crippen molar-refractivity contribution in [3.8, 4) is 11.5 Å². The smallest absolute Gasteiger partial charge is 0.118 e. The minimum atomic E-state index is -0.123. The van der Waals surface area contributed by atoms with Crippen LogP contribution in [0.4, 0.5) is 0 Å². The van der Waals surface area contributed by atoms with E-state index in [1.807, 2.05) is 48.5 Å². The first-order chi connectivity index (χ1) is 9.28. The minimum Gasteiger partial charge on any atom is -0.497 e. The lowest BCUT2D eigenvalue weighted by Crippen LogP contribution is -2.00. The standard InChI is InChI=1S/C15H17O3P/c1-16-13-7-3-11(4-8-13)15(18-19)12-5-9-14(17-2)10-6-12/h3-10,15H,19H2,1-2H3. The summed E-state index contributed by atoms with van der Waals surface area (Å²) in [4.78, 5) is 0. The molecule has 0 saturated carbocycles. The fraction of sp³-hybridized carbons (Fsp3) is 0.200. The zero-order valence-electron chi connectivity index (χ0n) is 11.0. The van der Waals surface area contributed by atoms with Crippen molar-refractivity contribution in [3.05, 3.63) is 59.7 Å². The molecule has 0 aliphatic rings. The summed E-state index contributed by atoms with van der Waals surface area (Å²) in [6, 6.07) is 15.7. The third-order valence-electron chi connectivity index (χ3n) is 2.97. The summed E-state index contributed by atoms with van der Waals surface area (Å²) in [7, 11) is 5.64. The number of hydrogen-bond donors (Lipinski definition) is 0. The van der Waals surface area contributed by atoms with Gasteiger partial charge in [-0.1, -0.05) is 24.3 Å². The van der Waals surface area contributed by atoms with Crippen LogP contribution in [0.2, 0.25) is 0 Å². The van der Waals surface area contributed by atoms with Crippen LogP contribution in [0, 0.1) is 0 Å². The fourth-order valence-electron chi connectivity index (χ4n) is 1.91.